The van der Waals surface area contributed by atoms with E-state index >= 15 is 0 Å². The second-order valence-corrected chi connectivity index (χ2v) is 9.23. The molecule has 0 aliphatic heterocycles. The number of hydrogen-bond donors (Lipinski definition) is 3. The van der Waals surface area contributed by atoms with Gasteiger partial charge in [0.15, 0.2) is 0 Å². The number of methoxy groups -OCH3 is 1. The lowest BCUT2D eigenvalue weighted by atomic mass is 10.1. The Labute approximate surface area is 187 Å². The molecule has 3 rings (SSSR count). The van der Waals surface area contributed by atoms with Gasteiger partial charge in [-0.15, -0.1) is 0 Å². The highest BCUT2D eigenvalue weighted by molar-refractivity contribution is 7.89. The van der Waals surface area contributed by atoms with E-state index in [2.05, 4.69) is 20.4 Å². The molecule has 3 aromatic rings. The quantitative estimate of drug-likeness (QED) is 0.462. The minimum Gasteiger partial charge on any atom is -0.495 e. The fourth-order valence-electron chi connectivity index (χ4n) is 2.99. The minimum absolute atomic E-state index is 0.0173. The Morgan fingerprint density at radius 2 is 1.94 bits per heavy atom. The highest BCUT2D eigenvalue weighted by Gasteiger charge is 2.36. The van der Waals surface area contributed by atoms with E-state index in [1.807, 2.05) is 0 Å². The molecule has 0 bridgehead atoms. The first-order chi connectivity index (χ1) is 15.2. The number of para-hydroxylation sites is 1. The highest BCUT2D eigenvalue weighted by atomic mass is 32.2. The van der Waals surface area contributed by atoms with E-state index in [4.69, 9.17) is 9.88 Å². The third-order valence-electron chi connectivity index (χ3n) is 4.30. The number of hydrogen-bond acceptors (Lipinski definition) is 8. The summed E-state index contributed by atoms with van der Waals surface area (Å²) in [6.07, 6.45) is -1.73. The van der Waals surface area contributed by atoms with E-state index < -0.39 is 33.1 Å². The third-order valence-corrected chi connectivity index (χ3v) is 5.25. The van der Waals surface area contributed by atoms with Crippen LogP contribution >= 0.6 is 0 Å². The van der Waals surface area contributed by atoms with Gasteiger partial charge in [0.1, 0.15) is 21.9 Å². The molecule has 0 unspecified atom stereocenters. The Balaban J connectivity index is 2.11. The molecule has 0 fully saturated rings. The second-order valence-electron chi connectivity index (χ2n) is 7.70. The molecule has 33 heavy (non-hydrogen) atoms. The molecule has 0 atom stereocenters. The van der Waals surface area contributed by atoms with Gasteiger partial charge in [0, 0.05) is 18.0 Å². The molecule has 0 aliphatic rings. The molecule has 14 heteroatoms. The van der Waals surface area contributed by atoms with Crippen molar-refractivity contribution in [2.24, 2.45) is 5.14 Å². The molecule has 10 nitrogen and oxygen atoms in total. The highest BCUT2D eigenvalue weighted by Crippen LogP contribution is 2.37. The maximum Gasteiger partial charge on any atom is 0.419 e. The van der Waals surface area contributed by atoms with Crippen molar-refractivity contribution in [2.45, 2.75) is 37.1 Å². The first-order valence-electron chi connectivity index (χ1n) is 9.35. The van der Waals surface area contributed by atoms with Gasteiger partial charge >= 0.3 is 6.18 Å². The van der Waals surface area contributed by atoms with Crippen LogP contribution in [-0.2, 0) is 22.7 Å². The number of nitrogens with one attached hydrogen (secondary N) is 1. The fourth-order valence-corrected chi connectivity index (χ4v) is 3.70. The first-order valence-corrected chi connectivity index (χ1v) is 10.9. The van der Waals surface area contributed by atoms with Crippen LogP contribution in [0.5, 0.6) is 5.75 Å². The number of sulfonamides is 1. The van der Waals surface area contributed by atoms with E-state index in [-0.39, 0.29) is 34.4 Å². The number of anilines is 2. The van der Waals surface area contributed by atoms with E-state index in [1.165, 1.54) is 56.2 Å². The summed E-state index contributed by atoms with van der Waals surface area (Å²) in [5, 5.41) is 21.8. The molecule has 0 saturated heterocycles. The number of nitrogens with two attached hydrogens (primary N) is 1. The maximum atomic E-state index is 13.6. The van der Waals surface area contributed by atoms with Gasteiger partial charge < -0.3 is 15.2 Å². The minimum atomic E-state index is -4.78. The Bertz CT molecular complexity index is 1270. The molecule has 0 aliphatic carbocycles. The zero-order valence-corrected chi connectivity index (χ0v) is 18.6. The van der Waals surface area contributed by atoms with Crippen molar-refractivity contribution in [2.75, 3.05) is 12.4 Å². The van der Waals surface area contributed by atoms with Crippen LogP contribution in [0.4, 0.5) is 24.8 Å². The SMILES string of the molecule is COc1cccc(S(N)(=O)=O)c1Nc1ncc(C(F)(F)F)c(-c2cnn(CC(C)(C)O)c2)n1. The van der Waals surface area contributed by atoms with Crippen LogP contribution in [0.1, 0.15) is 19.4 Å². The molecule has 4 N–H and O–H groups in total. The number of aromatic nitrogens is 4. The van der Waals surface area contributed by atoms with E-state index in [0.29, 0.717) is 6.20 Å². The molecule has 178 valence electrons. The van der Waals surface area contributed by atoms with E-state index in [0.717, 1.165) is 0 Å². The summed E-state index contributed by atoms with van der Waals surface area (Å²) in [6.45, 7) is 3.08. The van der Waals surface area contributed by atoms with Crippen molar-refractivity contribution < 1.29 is 31.4 Å². The van der Waals surface area contributed by atoms with Crippen molar-refractivity contribution in [3.8, 4) is 17.0 Å². The average Bonchev–Trinajstić information content (AvgIpc) is 3.13. The molecular formula is C19H21F3N6O4S. The molecule has 1 aromatic carbocycles. The molecule has 0 amide bonds. The van der Waals surface area contributed by atoms with Gasteiger partial charge in [-0.05, 0) is 26.0 Å². The number of nitrogens with zero attached hydrogens (tertiary/aromatic N) is 4. The average molecular weight is 486 g/mol. The zero-order chi connectivity index (χ0) is 24.6. The Morgan fingerprint density at radius 1 is 1.24 bits per heavy atom. The molecule has 0 saturated carbocycles. The van der Waals surface area contributed by atoms with Crippen LogP contribution in [0, 0.1) is 0 Å². The van der Waals surface area contributed by atoms with Crippen molar-refractivity contribution in [3.05, 3.63) is 42.4 Å². The maximum absolute atomic E-state index is 13.6. The van der Waals surface area contributed by atoms with Gasteiger partial charge in [-0.3, -0.25) is 4.68 Å². The number of halogens is 3. The normalized spacial score (nSPS) is 12.6. The van der Waals surface area contributed by atoms with E-state index in [1.54, 1.807) is 0 Å². The summed E-state index contributed by atoms with van der Waals surface area (Å²) in [7, 11) is -2.93. The van der Waals surface area contributed by atoms with Crippen molar-refractivity contribution in [1.29, 1.82) is 0 Å². The van der Waals surface area contributed by atoms with Gasteiger partial charge in [0.05, 0.1) is 31.1 Å². The Morgan fingerprint density at radius 3 is 2.52 bits per heavy atom. The van der Waals surface area contributed by atoms with Crippen LogP contribution in [-0.4, -0.2) is 46.0 Å². The smallest absolute Gasteiger partial charge is 0.419 e. The summed E-state index contributed by atoms with van der Waals surface area (Å²) >= 11 is 0. The predicted octanol–water partition coefficient (Wildman–Crippen LogP) is 2.53. The molecule has 2 aromatic heterocycles. The molecule has 0 spiro atoms. The van der Waals surface area contributed by atoms with Gasteiger partial charge in [0.25, 0.3) is 0 Å². The lowest BCUT2D eigenvalue weighted by molar-refractivity contribution is -0.137. The van der Waals surface area contributed by atoms with Crippen molar-refractivity contribution in [1.82, 2.24) is 19.7 Å². The van der Waals surface area contributed by atoms with Crippen molar-refractivity contribution >= 4 is 21.7 Å². The summed E-state index contributed by atoms with van der Waals surface area (Å²) in [4.78, 5) is 7.30. The lowest BCUT2D eigenvalue weighted by Crippen LogP contribution is -2.26. The summed E-state index contributed by atoms with van der Waals surface area (Å²) < 4.78 is 71.2. The first kappa shape index (κ1) is 24.4. The second kappa shape index (κ2) is 8.61. The monoisotopic (exact) mass is 486 g/mol. The van der Waals surface area contributed by atoms with Gasteiger partial charge in [0.2, 0.25) is 16.0 Å². The number of ether oxygens (including phenoxy) is 1. The fraction of sp³-hybridized carbons (Fsp3) is 0.316. The number of primary sulfonamides is 1. The van der Waals surface area contributed by atoms with Crippen LogP contribution in [0.2, 0.25) is 0 Å². The number of alkyl halides is 3. The number of benzene rings is 1. The lowest BCUT2D eigenvalue weighted by Gasteiger charge is -2.17. The topological polar surface area (TPSA) is 145 Å². The van der Waals surface area contributed by atoms with Crippen LogP contribution in [0.25, 0.3) is 11.3 Å². The molecule has 2 heterocycles. The van der Waals surface area contributed by atoms with Crippen LogP contribution in [0.15, 0.2) is 41.7 Å². The van der Waals surface area contributed by atoms with Gasteiger partial charge in [-0.2, -0.15) is 18.3 Å². The molecular weight excluding hydrogens is 465 g/mol. The molecule has 0 radical (unpaired) electrons. The number of aliphatic hydroxyl groups is 1. The summed E-state index contributed by atoms with van der Waals surface area (Å²) in [5.74, 6) is -0.271. The predicted molar refractivity (Wildman–Crippen MR) is 112 cm³/mol. The Kier molecular flexibility index (Phi) is 6.37. The summed E-state index contributed by atoms with van der Waals surface area (Å²) in [6, 6.07) is 4.02. The largest absolute Gasteiger partial charge is 0.495 e. The van der Waals surface area contributed by atoms with Crippen LogP contribution in [0.3, 0.4) is 0 Å². The summed E-state index contributed by atoms with van der Waals surface area (Å²) in [5.41, 5.74) is -2.88. The van der Waals surface area contributed by atoms with Gasteiger partial charge in [-0.25, -0.2) is 23.5 Å². The van der Waals surface area contributed by atoms with Gasteiger partial charge in [-0.1, -0.05) is 6.07 Å². The van der Waals surface area contributed by atoms with Crippen molar-refractivity contribution in [3.63, 3.8) is 0 Å². The van der Waals surface area contributed by atoms with Crippen LogP contribution < -0.4 is 15.2 Å². The zero-order valence-electron chi connectivity index (χ0n) is 17.8. The standard InChI is InChI=1S/C19H21F3N6O4S/c1-18(2,29)10-28-9-11(7-25-28)15-12(19(20,21)22)8-24-17(26-15)27-16-13(32-3)5-4-6-14(16)33(23,30)31/h4-9,29H,10H2,1-3H3,(H2,23,30,31)(H,24,26,27). The third kappa shape index (κ3) is 5.77. The Hall–Kier alpha value is -3.23. The van der Waals surface area contributed by atoms with E-state index in [9.17, 15) is 26.7 Å². The number of rotatable bonds is 7.